The zero-order valence-electron chi connectivity index (χ0n) is 11.5. The van der Waals surface area contributed by atoms with Crippen molar-refractivity contribution in [1.82, 2.24) is 15.3 Å². The fourth-order valence-corrected chi connectivity index (χ4v) is 1.93. The van der Waals surface area contributed by atoms with Crippen molar-refractivity contribution >= 4 is 35.0 Å². The minimum absolute atomic E-state index is 0.115. The van der Waals surface area contributed by atoms with Crippen LogP contribution in [0.4, 0.5) is 0 Å². The van der Waals surface area contributed by atoms with Gasteiger partial charge in [0, 0.05) is 5.56 Å². The van der Waals surface area contributed by atoms with Gasteiger partial charge in [0.05, 0.1) is 15.7 Å². The molecule has 6 nitrogen and oxygen atoms in total. The topological polar surface area (TPSA) is 98.0 Å². The Morgan fingerprint density at radius 3 is 2.55 bits per heavy atom. The number of carbonyl (C=O) groups excluding carboxylic acids is 2. The van der Waals surface area contributed by atoms with E-state index in [4.69, 9.17) is 28.9 Å². The first kappa shape index (κ1) is 16.2. The Balaban J connectivity index is 2.28. The average molecular weight is 339 g/mol. The maximum atomic E-state index is 12.0. The van der Waals surface area contributed by atoms with Gasteiger partial charge in [-0.25, -0.2) is 9.97 Å². The summed E-state index contributed by atoms with van der Waals surface area (Å²) in [6, 6.07) is 5.69. The number of amides is 2. The van der Waals surface area contributed by atoms with Crippen LogP contribution in [0, 0.1) is 0 Å². The van der Waals surface area contributed by atoms with E-state index in [1.54, 1.807) is 18.2 Å². The smallest absolute Gasteiger partial charge is 0.270 e. The lowest BCUT2D eigenvalue weighted by atomic mass is 10.1. The molecule has 2 aromatic rings. The first-order chi connectivity index (χ1) is 10.4. The molecule has 0 aliphatic carbocycles. The summed E-state index contributed by atoms with van der Waals surface area (Å²) in [5.41, 5.74) is 6.41. The third-order valence-electron chi connectivity index (χ3n) is 2.89. The lowest BCUT2D eigenvalue weighted by molar-refractivity contribution is -0.119. The summed E-state index contributed by atoms with van der Waals surface area (Å²) in [5.74, 6) is -1.15. The molecule has 2 amide bonds. The standard InChI is InChI=1S/C14H12Cl2N4O2/c1-7(13(17)21)20-14(22)12-5-11(18-6-19-12)8-2-3-9(15)10(16)4-8/h2-7H,1H3,(H2,17,21)(H,20,22)/t7-/m0/s1. The summed E-state index contributed by atoms with van der Waals surface area (Å²) in [4.78, 5) is 31.0. The van der Waals surface area contributed by atoms with Gasteiger partial charge in [-0.2, -0.15) is 0 Å². The van der Waals surface area contributed by atoms with Gasteiger partial charge in [0.2, 0.25) is 5.91 Å². The zero-order valence-corrected chi connectivity index (χ0v) is 13.0. The second-order valence-corrected chi connectivity index (χ2v) is 5.33. The van der Waals surface area contributed by atoms with Crippen molar-refractivity contribution in [2.75, 3.05) is 0 Å². The Hall–Kier alpha value is -2.18. The van der Waals surface area contributed by atoms with E-state index in [1.807, 2.05) is 0 Å². The molecule has 3 N–H and O–H groups in total. The minimum Gasteiger partial charge on any atom is -0.368 e. The van der Waals surface area contributed by atoms with Crippen LogP contribution in [0.25, 0.3) is 11.3 Å². The highest BCUT2D eigenvalue weighted by atomic mass is 35.5. The molecule has 8 heteroatoms. The summed E-state index contributed by atoms with van der Waals surface area (Å²) in [7, 11) is 0. The molecule has 0 saturated heterocycles. The van der Waals surface area contributed by atoms with Crippen molar-refractivity contribution in [3.8, 4) is 11.3 Å². The molecule has 0 saturated carbocycles. The number of nitrogens with two attached hydrogens (primary N) is 1. The lowest BCUT2D eigenvalue weighted by Crippen LogP contribution is -2.42. The molecule has 1 heterocycles. The molecule has 1 atom stereocenters. The Morgan fingerprint density at radius 1 is 1.18 bits per heavy atom. The molecule has 1 aromatic heterocycles. The Bertz CT molecular complexity index is 737. The molecule has 0 unspecified atom stereocenters. The van der Waals surface area contributed by atoms with Crippen LogP contribution in [-0.4, -0.2) is 27.8 Å². The summed E-state index contributed by atoms with van der Waals surface area (Å²) in [6.07, 6.45) is 1.25. The van der Waals surface area contributed by atoms with Gasteiger partial charge in [-0.1, -0.05) is 29.3 Å². The van der Waals surface area contributed by atoms with E-state index >= 15 is 0 Å². The molecule has 0 radical (unpaired) electrons. The number of rotatable bonds is 4. The van der Waals surface area contributed by atoms with Gasteiger partial charge >= 0.3 is 0 Å². The van der Waals surface area contributed by atoms with E-state index in [9.17, 15) is 9.59 Å². The van der Waals surface area contributed by atoms with Crippen LogP contribution in [0.5, 0.6) is 0 Å². The highest BCUT2D eigenvalue weighted by molar-refractivity contribution is 6.42. The second-order valence-electron chi connectivity index (χ2n) is 4.51. The van der Waals surface area contributed by atoms with Gasteiger partial charge in [-0.15, -0.1) is 0 Å². The molecule has 0 spiro atoms. The van der Waals surface area contributed by atoms with Crippen LogP contribution in [-0.2, 0) is 4.79 Å². The first-order valence-corrected chi connectivity index (χ1v) is 7.01. The number of hydrogen-bond acceptors (Lipinski definition) is 4. The van der Waals surface area contributed by atoms with E-state index < -0.39 is 17.9 Å². The Kier molecular flexibility index (Phi) is 4.95. The van der Waals surface area contributed by atoms with Crippen molar-refractivity contribution in [3.63, 3.8) is 0 Å². The third kappa shape index (κ3) is 3.72. The van der Waals surface area contributed by atoms with E-state index in [0.29, 0.717) is 21.3 Å². The van der Waals surface area contributed by atoms with Gasteiger partial charge in [-0.05, 0) is 25.1 Å². The Morgan fingerprint density at radius 2 is 1.91 bits per heavy atom. The average Bonchev–Trinajstić information content (AvgIpc) is 2.50. The summed E-state index contributed by atoms with van der Waals surface area (Å²) >= 11 is 11.8. The van der Waals surface area contributed by atoms with Crippen LogP contribution in [0.15, 0.2) is 30.6 Å². The molecule has 0 bridgehead atoms. The van der Waals surface area contributed by atoms with E-state index in [1.165, 1.54) is 19.3 Å². The van der Waals surface area contributed by atoms with Crippen molar-refractivity contribution in [1.29, 1.82) is 0 Å². The normalized spacial score (nSPS) is 11.8. The molecular formula is C14H12Cl2N4O2. The fourth-order valence-electron chi connectivity index (χ4n) is 1.64. The van der Waals surface area contributed by atoms with Gasteiger partial charge < -0.3 is 11.1 Å². The van der Waals surface area contributed by atoms with Gasteiger partial charge in [0.25, 0.3) is 5.91 Å². The van der Waals surface area contributed by atoms with E-state index in [2.05, 4.69) is 15.3 Å². The lowest BCUT2D eigenvalue weighted by Gasteiger charge is -2.10. The molecule has 0 aliphatic rings. The molecule has 2 rings (SSSR count). The van der Waals surface area contributed by atoms with E-state index in [0.717, 1.165) is 0 Å². The quantitative estimate of drug-likeness (QED) is 0.891. The van der Waals surface area contributed by atoms with Crippen LogP contribution >= 0.6 is 23.2 Å². The van der Waals surface area contributed by atoms with Crippen molar-refractivity contribution in [3.05, 3.63) is 46.3 Å². The minimum atomic E-state index is -0.795. The third-order valence-corrected chi connectivity index (χ3v) is 3.63. The maximum Gasteiger partial charge on any atom is 0.270 e. The predicted octanol–water partition coefficient (Wildman–Crippen LogP) is 2.05. The predicted molar refractivity (Wildman–Crippen MR) is 83.6 cm³/mol. The number of halogens is 2. The fraction of sp³-hybridized carbons (Fsp3) is 0.143. The van der Waals surface area contributed by atoms with Gasteiger partial charge in [0.1, 0.15) is 18.1 Å². The number of aromatic nitrogens is 2. The van der Waals surface area contributed by atoms with Gasteiger partial charge in [0.15, 0.2) is 0 Å². The number of carbonyl (C=O) groups is 2. The summed E-state index contributed by atoms with van der Waals surface area (Å²) in [6.45, 7) is 1.49. The second kappa shape index (κ2) is 6.72. The van der Waals surface area contributed by atoms with Crippen LogP contribution in [0.3, 0.4) is 0 Å². The van der Waals surface area contributed by atoms with Crippen molar-refractivity contribution in [2.24, 2.45) is 5.73 Å². The molecule has 22 heavy (non-hydrogen) atoms. The number of nitrogens with one attached hydrogen (secondary N) is 1. The van der Waals surface area contributed by atoms with Crippen molar-refractivity contribution < 1.29 is 9.59 Å². The number of benzene rings is 1. The molecular weight excluding hydrogens is 327 g/mol. The molecule has 0 aliphatic heterocycles. The van der Waals surface area contributed by atoms with Crippen LogP contribution in [0.1, 0.15) is 17.4 Å². The summed E-state index contributed by atoms with van der Waals surface area (Å²) < 4.78 is 0. The first-order valence-electron chi connectivity index (χ1n) is 6.26. The molecule has 0 fully saturated rings. The maximum absolute atomic E-state index is 12.0. The highest BCUT2D eigenvalue weighted by Crippen LogP contribution is 2.27. The van der Waals surface area contributed by atoms with E-state index in [-0.39, 0.29) is 5.69 Å². The largest absolute Gasteiger partial charge is 0.368 e. The summed E-state index contributed by atoms with van der Waals surface area (Å²) in [5, 5.41) is 3.25. The number of nitrogens with zero attached hydrogens (tertiary/aromatic N) is 2. The number of hydrogen-bond donors (Lipinski definition) is 2. The molecule has 1 aromatic carbocycles. The zero-order chi connectivity index (χ0) is 16.3. The van der Waals surface area contributed by atoms with Gasteiger partial charge in [-0.3, -0.25) is 9.59 Å². The molecule has 114 valence electrons. The monoisotopic (exact) mass is 338 g/mol. The van der Waals surface area contributed by atoms with Crippen molar-refractivity contribution in [2.45, 2.75) is 13.0 Å². The van der Waals surface area contributed by atoms with Crippen LogP contribution < -0.4 is 11.1 Å². The van der Waals surface area contributed by atoms with Crippen LogP contribution in [0.2, 0.25) is 10.0 Å². The Labute approximate surface area is 136 Å². The highest BCUT2D eigenvalue weighted by Gasteiger charge is 2.15. The SMILES string of the molecule is C[C@H](NC(=O)c1cc(-c2ccc(Cl)c(Cl)c2)ncn1)C(N)=O. The number of primary amides is 1.